The summed E-state index contributed by atoms with van der Waals surface area (Å²) >= 11 is 0. The molecule has 5 heteroatoms. The molecule has 0 aromatic carbocycles. The van der Waals surface area contributed by atoms with E-state index in [-0.39, 0.29) is 25.2 Å². The fraction of sp³-hybridized carbons (Fsp3) is 0.789. The lowest BCUT2D eigenvalue weighted by Gasteiger charge is -2.18. The van der Waals surface area contributed by atoms with Gasteiger partial charge in [-0.3, -0.25) is 9.59 Å². The molecule has 0 aromatic rings. The van der Waals surface area contributed by atoms with Gasteiger partial charge >= 0.3 is 11.9 Å². The number of hydrogen-bond donors (Lipinski definition) is 0. The highest BCUT2D eigenvalue weighted by Gasteiger charge is 2.17. The van der Waals surface area contributed by atoms with Crippen molar-refractivity contribution in [1.29, 1.82) is 0 Å². The predicted octanol–water partition coefficient (Wildman–Crippen LogP) is 18.1. The van der Waals surface area contributed by atoms with Crippen molar-refractivity contribution >= 4 is 11.9 Å². The SMILES string of the molecule is CC/C=C\C/C=C\C/C=C\C/C=C\CCCCCCC(=O)OCC(COCCCCCCCCCCCCCC)OC(=O)CCCCCCCCC/C=C\CCCCCCCC. The van der Waals surface area contributed by atoms with E-state index >= 15 is 0 Å². The van der Waals surface area contributed by atoms with Crippen LogP contribution >= 0.6 is 0 Å². The Hall–Kier alpha value is -2.40. The predicted molar refractivity (Wildman–Crippen MR) is 270 cm³/mol. The molecule has 0 saturated heterocycles. The Balaban J connectivity index is 4.28. The van der Waals surface area contributed by atoms with Gasteiger partial charge in [0.05, 0.1) is 6.61 Å². The third kappa shape index (κ3) is 50.2. The van der Waals surface area contributed by atoms with Crippen molar-refractivity contribution in [1.82, 2.24) is 0 Å². The molecule has 5 nitrogen and oxygen atoms in total. The Bertz CT molecular complexity index is 1070. The van der Waals surface area contributed by atoms with E-state index in [1.54, 1.807) is 0 Å². The van der Waals surface area contributed by atoms with Gasteiger partial charge in [0.2, 0.25) is 0 Å². The molecule has 0 heterocycles. The first kappa shape index (κ1) is 59.6. The third-order valence-corrected chi connectivity index (χ3v) is 11.5. The number of hydrogen-bond acceptors (Lipinski definition) is 5. The Labute approximate surface area is 385 Å². The molecule has 0 radical (unpaired) electrons. The molecule has 0 aliphatic heterocycles. The highest BCUT2D eigenvalue weighted by Crippen LogP contribution is 2.15. The average molecular weight is 867 g/mol. The summed E-state index contributed by atoms with van der Waals surface area (Å²) in [6.45, 7) is 7.71. The van der Waals surface area contributed by atoms with Crippen LogP contribution in [0.2, 0.25) is 0 Å². The second-order valence-corrected chi connectivity index (χ2v) is 17.8. The van der Waals surface area contributed by atoms with Gasteiger partial charge in [-0.1, -0.05) is 229 Å². The van der Waals surface area contributed by atoms with E-state index in [1.165, 1.54) is 141 Å². The standard InChI is InChI=1S/C57H102O5/c1-4-7-10-13-16-19-22-25-27-29-31-33-35-38-41-44-47-50-56(58)61-54-55(53-60-52-49-46-43-40-37-24-21-18-15-12-9-6-3)62-57(59)51-48-45-42-39-36-34-32-30-28-26-23-20-17-14-11-8-5-2/h7,10,16,19,25-28,31,33,55H,4-6,8-9,11-15,17-18,20-24,29-30,32,34-54H2,1-3H3/b10-7-,19-16-,27-25-,28-26-,33-31-. The molecule has 0 N–H and O–H groups in total. The summed E-state index contributed by atoms with van der Waals surface area (Å²) in [6.07, 6.45) is 66.5. The number of carbonyl (C=O) groups excluding carboxylic acids is 2. The first-order valence-corrected chi connectivity index (χ1v) is 26.8. The summed E-state index contributed by atoms with van der Waals surface area (Å²) in [5.74, 6) is -0.420. The van der Waals surface area contributed by atoms with E-state index in [1.807, 2.05) is 0 Å². The molecule has 0 aliphatic carbocycles. The van der Waals surface area contributed by atoms with Gasteiger partial charge in [0.1, 0.15) is 6.61 Å². The molecular weight excluding hydrogens is 765 g/mol. The van der Waals surface area contributed by atoms with Crippen molar-refractivity contribution in [3.05, 3.63) is 60.8 Å². The minimum atomic E-state index is -0.547. The zero-order chi connectivity index (χ0) is 44.9. The van der Waals surface area contributed by atoms with Gasteiger partial charge in [0.15, 0.2) is 6.10 Å². The average Bonchev–Trinajstić information content (AvgIpc) is 3.27. The van der Waals surface area contributed by atoms with Crippen LogP contribution in [0.25, 0.3) is 0 Å². The first-order chi connectivity index (χ1) is 30.6. The van der Waals surface area contributed by atoms with Crippen LogP contribution in [-0.4, -0.2) is 37.9 Å². The third-order valence-electron chi connectivity index (χ3n) is 11.5. The van der Waals surface area contributed by atoms with Gasteiger partial charge in [0.25, 0.3) is 0 Å². The Morgan fingerprint density at radius 3 is 1.18 bits per heavy atom. The lowest BCUT2D eigenvalue weighted by atomic mass is 10.1. The van der Waals surface area contributed by atoms with Gasteiger partial charge in [-0.15, -0.1) is 0 Å². The molecule has 360 valence electrons. The monoisotopic (exact) mass is 867 g/mol. The van der Waals surface area contributed by atoms with E-state index in [0.29, 0.717) is 19.4 Å². The second-order valence-electron chi connectivity index (χ2n) is 17.8. The largest absolute Gasteiger partial charge is 0.462 e. The van der Waals surface area contributed by atoms with E-state index in [9.17, 15) is 9.59 Å². The van der Waals surface area contributed by atoms with Gasteiger partial charge in [-0.25, -0.2) is 0 Å². The van der Waals surface area contributed by atoms with Crippen LogP contribution in [0.3, 0.4) is 0 Å². The van der Waals surface area contributed by atoms with Crippen molar-refractivity contribution in [2.75, 3.05) is 19.8 Å². The molecule has 0 spiro atoms. The van der Waals surface area contributed by atoms with Crippen LogP contribution in [0.4, 0.5) is 0 Å². The summed E-state index contributed by atoms with van der Waals surface area (Å²) in [6, 6.07) is 0. The molecule has 1 unspecified atom stereocenters. The van der Waals surface area contributed by atoms with Crippen molar-refractivity contribution in [2.45, 2.75) is 271 Å². The van der Waals surface area contributed by atoms with Gasteiger partial charge in [0, 0.05) is 19.4 Å². The normalized spacial score (nSPS) is 12.6. The molecule has 0 aromatic heterocycles. The van der Waals surface area contributed by atoms with E-state index in [4.69, 9.17) is 14.2 Å². The molecule has 62 heavy (non-hydrogen) atoms. The van der Waals surface area contributed by atoms with E-state index in [0.717, 1.165) is 89.9 Å². The molecule has 0 aliphatic rings. The van der Waals surface area contributed by atoms with Gasteiger partial charge in [-0.05, 0) is 83.5 Å². The van der Waals surface area contributed by atoms with Crippen LogP contribution in [0.15, 0.2) is 60.8 Å². The summed E-state index contributed by atoms with van der Waals surface area (Å²) in [5.41, 5.74) is 0. The van der Waals surface area contributed by atoms with Crippen LogP contribution in [0.5, 0.6) is 0 Å². The summed E-state index contributed by atoms with van der Waals surface area (Å²) < 4.78 is 17.4. The number of unbranched alkanes of at least 4 members (excludes halogenated alkanes) is 28. The number of carbonyl (C=O) groups is 2. The van der Waals surface area contributed by atoms with Crippen molar-refractivity contribution in [2.24, 2.45) is 0 Å². The molecule has 0 rings (SSSR count). The van der Waals surface area contributed by atoms with Gasteiger partial charge in [-0.2, -0.15) is 0 Å². The first-order valence-electron chi connectivity index (χ1n) is 26.8. The molecular formula is C57H102O5. The molecule has 0 amide bonds. The van der Waals surface area contributed by atoms with E-state index < -0.39 is 6.10 Å². The number of ether oxygens (including phenoxy) is 3. The Kier molecular flexibility index (Phi) is 50.9. The Morgan fingerprint density at radius 2 is 0.726 bits per heavy atom. The molecule has 0 bridgehead atoms. The van der Waals surface area contributed by atoms with Gasteiger partial charge < -0.3 is 14.2 Å². The fourth-order valence-corrected chi connectivity index (χ4v) is 7.56. The second kappa shape index (κ2) is 52.9. The minimum absolute atomic E-state index is 0.0725. The maximum Gasteiger partial charge on any atom is 0.306 e. The zero-order valence-electron chi connectivity index (χ0n) is 41.4. The van der Waals surface area contributed by atoms with Crippen LogP contribution < -0.4 is 0 Å². The number of allylic oxidation sites excluding steroid dienone is 10. The number of esters is 2. The van der Waals surface area contributed by atoms with Crippen molar-refractivity contribution in [3.8, 4) is 0 Å². The van der Waals surface area contributed by atoms with Crippen LogP contribution in [0, 0.1) is 0 Å². The fourth-order valence-electron chi connectivity index (χ4n) is 7.56. The maximum absolute atomic E-state index is 12.8. The smallest absolute Gasteiger partial charge is 0.306 e. The van der Waals surface area contributed by atoms with Crippen molar-refractivity contribution < 1.29 is 23.8 Å². The molecule has 0 fully saturated rings. The van der Waals surface area contributed by atoms with Crippen LogP contribution in [-0.2, 0) is 23.8 Å². The number of rotatable bonds is 49. The van der Waals surface area contributed by atoms with Crippen molar-refractivity contribution in [3.63, 3.8) is 0 Å². The molecule has 0 saturated carbocycles. The maximum atomic E-state index is 12.8. The van der Waals surface area contributed by atoms with E-state index in [2.05, 4.69) is 81.5 Å². The lowest BCUT2D eigenvalue weighted by molar-refractivity contribution is -0.163. The highest BCUT2D eigenvalue weighted by molar-refractivity contribution is 5.70. The Morgan fingerprint density at radius 1 is 0.371 bits per heavy atom. The highest BCUT2D eigenvalue weighted by atomic mass is 16.6. The quantitative estimate of drug-likeness (QED) is 0.0346. The topological polar surface area (TPSA) is 61.8 Å². The minimum Gasteiger partial charge on any atom is -0.462 e. The lowest BCUT2D eigenvalue weighted by Crippen LogP contribution is -2.30. The summed E-state index contributed by atoms with van der Waals surface area (Å²) in [5, 5.41) is 0. The van der Waals surface area contributed by atoms with Crippen LogP contribution in [0.1, 0.15) is 265 Å². The summed E-state index contributed by atoms with van der Waals surface area (Å²) in [4.78, 5) is 25.4. The summed E-state index contributed by atoms with van der Waals surface area (Å²) in [7, 11) is 0. The zero-order valence-corrected chi connectivity index (χ0v) is 41.4. The molecule has 1 atom stereocenters.